The normalized spacial score (nSPS) is 15.7. The smallest absolute Gasteiger partial charge is 0.243 e. The van der Waals surface area contributed by atoms with Crippen molar-refractivity contribution in [3.8, 4) is 11.3 Å². The van der Waals surface area contributed by atoms with Crippen LogP contribution in [-0.2, 0) is 9.53 Å². The fourth-order valence-corrected chi connectivity index (χ4v) is 3.54. The van der Waals surface area contributed by atoms with Gasteiger partial charge in [-0.15, -0.1) is 5.10 Å². The molecule has 3 heterocycles. The lowest BCUT2D eigenvalue weighted by molar-refractivity contribution is -0.135. The van der Waals surface area contributed by atoms with E-state index in [4.69, 9.17) is 9.72 Å². The summed E-state index contributed by atoms with van der Waals surface area (Å²) in [5, 5.41) is 6.75. The van der Waals surface area contributed by atoms with Crippen molar-refractivity contribution < 1.29 is 9.53 Å². The van der Waals surface area contributed by atoms with Crippen LogP contribution in [0.3, 0.4) is 0 Å². The number of carbonyl (C=O) groups is 1. The zero-order valence-corrected chi connectivity index (χ0v) is 16.3. The van der Waals surface area contributed by atoms with Crippen LogP contribution in [0, 0.1) is 0 Å². The van der Waals surface area contributed by atoms with E-state index >= 15 is 0 Å². The van der Waals surface area contributed by atoms with E-state index in [-0.39, 0.29) is 5.91 Å². The summed E-state index contributed by atoms with van der Waals surface area (Å²) in [6.45, 7) is 1.48. The molecule has 146 valence electrons. The molecule has 1 amide bonds. The van der Waals surface area contributed by atoms with Crippen LogP contribution in [-0.4, -0.2) is 26.8 Å². The fraction of sp³-hybridized carbons (Fsp3) is 0.0833. The molecule has 0 saturated heterocycles. The first kappa shape index (κ1) is 18.0. The van der Waals surface area contributed by atoms with Crippen molar-refractivity contribution in [2.75, 3.05) is 0 Å². The lowest BCUT2D eigenvalue weighted by Gasteiger charge is -2.21. The van der Waals surface area contributed by atoms with Crippen LogP contribution in [0.2, 0.25) is 0 Å². The minimum Gasteiger partial charge on any atom is -0.446 e. The summed E-state index contributed by atoms with van der Waals surface area (Å²) < 4.78 is 6.21. The number of ether oxygens (including phenoxy) is 1. The number of nitrogens with zero attached hydrogens (tertiary/aromatic N) is 4. The number of hydrogen-bond donors (Lipinski definition) is 0. The molecule has 0 saturated carbocycles. The highest BCUT2D eigenvalue weighted by Gasteiger charge is 2.34. The van der Waals surface area contributed by atoms with Crippen molar-refractivity contribution in [1.29, 1.82) is 0 Å². The van der Waals surface area contributed by atoms with Gasteiger partial charge in [-0.05, 0) is 24.3 Å². The van der Waals surface area contributed by atoms with Crippen molar-refractivity contribution in [2.24, 2.45) is 5.10 Å². The highest BCUT2D eigenvalue weighted by Crippen LogP contribution is 2.36. The first-order valence-corrected chi connectivity index (χ1v) is 9.61. The number of benzene rings is 2. The lowest BCUT2D eigenvalue weighted by Crippen LogP contribution is -2.25. The Balaban J connectivity index is 1.65. The Morgan fingerprint density at radius 2 is 1.67 bits per heavy atom. The van der Waals surface area contributed by atoms with Crippen LogP contribution in [0.5, 0.6) is 0 Å². The minimum absolute atomic E-state index is 0.203. The maximum absolute atomic E-state index is 12.4. The number of fused-ring (bicyclic) bond motifs is 1. The van der Waals surface area contributed by atoms with E-state index in [9.17, 15) is 4.79 Å². The second-order valence-corrected chi connectivity index (χ2v) is 6.95. The van der Waals surface area contributed by atoms with Gasteiger partial charge in [0.05, 0.1) is 11.2 Å². The number of hydrogen-bond acceptors (Lipinski definition) is 5. The molecule has 0 bridgehead atoms. The zero-order valence-electron chi connectivity index (χ0n) is 16.3. The van der Waals surface area contributed by atoms with Gasteiger partial charge in [-0.2, -0.15) is 5.01 Å². The Kier molecular flexibility index (Phi) is 4.44. The summed E-state index contributed by atoms with van der Waals surface area (Å²) in [5.41, 5.74) is 4.24. The monoisotopic (exact) mass is 394 g/mol. The maximum atomic E-state index is 12.4. The second-order valence-electron chi connectivity index (χ2n) is 6.95. The van der Waals surface area contributed by atoms with E-state index in [1.807, 2.05) is 60.7 Å². The van der Waals surface area contributed by atoms with E-state index in [2.05, 4.69) is 10.1 Å². The number of para-hydroxylation sites is 1. The standard InChI is InChI=1S/C24H18N4O2/c1-16(29)28-24(30-23(27-28)18-11-13-25-14-12-18)20-15-22(17-7-3-2-4-8-17)26-21-10-6-5-9-19(20)21/h2-15,24H,1H3. The maximum Gasteiger partial charge on any atom is 0.243 e. The third-order valence-corrected chi connectivity index (χ3v) is 4.98. The summed E-state index contributed by atoms with van der Waals surface area (Å²) in [6.07, 6.45) is 2.66. The second kappa shape index (κ2) is 7.40. The molecule has 2 aromatic heterocycles. The van der Waals surface area contributed by atoms with Crippen molar-refractivity contribution in [3.63, 3.8) is 0 Å². The van der Waals surface area contributed by atoms with Crippen LogP contribution in [0.1, 0.15) is 24.3 Å². The van der Waals surface area contributed by atoms with Gasteiger partial charge in [0.15, 0.2) is 0 Å². The van der Waals surface area contributed by atoms with E-state index in [1.165, 1.54) is 11.9 Å². The van der Waals surface area contributed by atoms with Crippen molar-refractivity contribution >= 4 is 22.7 Å². The molecule has 4 aromatic rings. The van der Waals surface area contributed by atoms with Crippen LogP contribution in [0.15, 0.2) is 90.3 Å². The molecular weight excluding hydrogens is 376 g/mol. The predicted octanol–water partition coefficient (Wildman–Crippen LogP) is 4.54. The van der Waals surface area contributed by atoms with Gasteiger partial charge in [0, 0.05) is 41.4 Å². The third kappa shape index (κ3) is 3.18. The number of hydrazone groups is 1. The SMILES string of the molecule is CC(=O)N1N=C(c2ccncc2)OC1c1cc(-c2ccccc2)nc2ccccc12. The largest absolute Gasteiger partial charge is 0.446 e. The molecule has 5 rings (SSSR count). The molecule has 0 spiro atoms. The van der Waals surface area contributed by atoms with Gasteiger partial charge in [-0.1, -0.05) is 48.5 Å². The average molecular weight is 394 g/mol. The highest BCUT2D eigenvalue weighted by atomic mass is 16.5. The van der Waals surface area contributed by atoms with E-state index < -0.39 is 6.23 Å². The number of pyridine rings is 2. The topological polar surface area (TPSA) is 67.7 Å². The molecule has 1 unspecified atom stereocenters. The van der Waals surface area contributed by atoms with Gasteiger partial charge in [0.25, 0.3) is 0 Å². The van der Waals surface area contributed by atoms with Crippen molar-refractivity contribution in [3.05, 3.63) is 96.3 Å². The molecule has 6 heteroatoms. The van der Waals surface area contributed by atoms with Gasteiger partial charge in [-0.3, -0.25) is 9.78 Å². The molecule has 1 atom stereocenters. The fourth-order valence-electron chi connectivity index (χ4n) is 3.54. The van der Waals surface area contributed by atoms with Gasteiger partial charge in [-0.25, -0.2) is 4.98 Å². The number of amides is 1. The van der Waals surface area contributed by atoms with Gasteiger partial charge in [0.2, 0.25) is 18.0 Å². The molecular formula is C24H18N4O2. The van der Waals surface area contributed by atoms with Crippen molar-refractivity contribution in [1.82, 2.24) is 15.0 Å². The van der Waals surface area contributed by atoms with Crippen LogP contribution >= 0.6 is 0 Å². The number of aromatic nitrogens is 2. The van der Waals surface area contributed by atoms with Crippen LogP contribution < -0.4 is 0 Å². The predicted molar refractivity (Wildman–Crippen MR) is 114 cm³/mol. The molecule has 1 aliphatic heterocycles. The molecule has 0 radical (unpaired) electrons. The Morgan fingerprint density at radius 1 is 0.933 bits per heavy atom. The Labute approximate surface area is 173 Å². The van der Waals surface area contributed by atoms with E-state index in [0.717, 1.165) is 33.3 Å². The number of rotatable bonds is 3. The highest BCUT2D eigenvalue weighted by molar-refractivity contribution is 5.97. The molecule has 30 heavy (non-hydrogen) atoms. The quantitative estimate of drug-likeness (QED) is 0.512. The van der Waals surface area contributed by atoms with Crippen LogP contribution in [0.4, 0.5) is 0 Å². The van der Waals surface area contributed by atoms with Crippen LogP contribution in [0.25, 0.3) is 22.2 Å². The van der Waals surface area contributed by atoms with Crippen molar-refractivity contribution in [2.45, 2.75) is 13.2 Å². The molecule has 0 aliphatic carbocycles. The van der Waals surface area contributed by atoms with E-state index in [0.29, 0.717) is 5.90 Å². The van der Waals surface area contributed by atoms with Gasteiger partial charge in [0.1, 0.15) is 0 Å². The minimum atomic E-state index is -0.680. The summed E-state index contributed by atoms with van der Waals surface area (Å²) in [5.74, 6) is 0.186. The first-order chi connectivity index (χ1) is 14.7. The average Bonchev–Trinajstić information content (AvgIpc) is 3.25. The molecule has 1 aliphatic rings. The van der Waals surface area contributed by atoms with Gasteiger partial charge < -0.3 is 4.74 Å². The first-order valence-electron chi connectivity index (χ1n) is 9.61. The number of carbonyl (C=O) groups excluding carboxylic acids is 1. The summed E-state index contributed by atoms with van der Waals surface area (Å²) in [7, 11) is 0. The third-order valence-electron chi connectivity index (χ3n) is 4.98. The Hall–Kier alpha value is -4.06. The lowest BCUT2D eigenvalue weighted by atomic mass is 10.0. The summed E-state index contributed by atoms with van der Waals surface area (Å²) in [4.78, 5) is 21.3. The molecule has 6 nitrogen and oxygen atoms in total. The molecule has 2 aromatic carbocycles. The van der Waals surface area contributed by atoms with E-state index in [1.54, 1.807) is 24.5 Å². The Morgan fingerprint density at radius 3 is 2.43 bits per heavy atom. The zero-order chi connectivity index (χ0) is 20.5. The molecule has 0 fully saturated rings. The molecule has 0 N–H and O–H groups in total. The summed E-state index contributed by atoms with van der Waals surface area (Å²) >= 11 is 0. The summed E-state index contributed by atoms with van der Waals surface area (Å²) in [6, 6.07) is 23.4. The van der Waals surface area contributed by atoms with Gasteiger partial charge >= 0.3 is 0 Å². The Bertz CT molecular complexity index is 1260.